The molecule has 0 saturated carbocycles. The number of nitrogens with zero attached hydrogens (tertiary/aromatic N) is 1. The molecular weight excluding hydrogens is 347 g/mol. The fraction of sp³-hybridized carbons (Fsp3) is 0.188. The number of rotatable bonds is 4. The van der Waals surface area contributed by atoms with E-state index in [1.807, 2.05) is 42.5 Å². The summed E-state index contributed by atoms with van der Waals surface area (Å²) in [5, 5.41) is 12.8. The van der Waals surface area contributed by atoms with Crippen LogP contribution in [0, 0.1) is 14.9 Å². The maximum absolute atomic E-state index is 9.38. The molecule has 2 aromatic carbocycles. The second-order valence-corrected chi connectivity index (χ2v) is 5.54. The standard InChI is InChI=1S/C16H15IN2/c1-12(13-7-3-2-4-8-13)19-16(11-18)14-9-5-6-10-15(14)17/h2-10,12,16,19H,1H3/t12-,16+/m1/s1. The number of hydrogen-bond donors (Lipinski definition) is 1. The summed E-state index contributed by atoms with van der Waals surface area (Å²) in [5.41, 5.74) is 2.22. The largest absolute Gasteiger partial charge is 0.292 e. The van der Waals surface area contributed by atoms with Crippen LogP contribution in [-0.2, 0) is 0 Å². The van der Waals surface area contributed by atoms with Crippen LogP contribution in [-0.4, -0.2) is 0 Å². The highest BCUT2D eigenvalue weighted by Gasteiger charge is 2.16. The van der Waals surface area contributed by atoms with E-state index in [9.17, 15) is 5.26 Å². The van der Waals surface area contributed by atoms with Gasteiger partial charge in [-0.25, -0.2) is 0 Å². The molecule has 0 aromatic heterocycles. The smallest absolute Gasteiger partial charge is 0.122 e. The van der Waals surface area contributed by atoms with Gasteiger partial charge in [0, 0.05) is 9.61 Å². The molecule has 0 radical (unpaired) electrons. The van der Waals surface area contributed by atoms with Crippen LogP contribution in [0.4, 0.5) is 0 Å². The fourth-order valence-electron chi connectivity index (χ4n) is 1.99. The van der Waals surface area contributed by atoms with Crippen molar-refractivity contribution in [2.45, 2.75) is 19.0 Å². The summed E-state index contributed by atoms with van der Waals surface area (Å²) in [7, 11) is 0. The molecule has 0 heterocycles. The molecule has 3 heteroatoms. The van der Waals surface area contributed by atoms with E-state index >= 15 is 0 Å². The summed E-state index contributed by atoms with van der Waals surface area (Å²) >= 11 is 2.27. The number of hydrogen-bond acceptors (Lipinski definition) is 2. The van der Waals surface area contributed by atoms with Crippen LogP contribution in [0.5, 0.6) is 0 Å². The van der Waals surface area contributed by atoms with Crippen LogP contribution in [0.1, 0.15) is 30.1 Å². The number of benzene rings is 2. The molecule has 96 valence electrons. The van der Waals surface area contributed by atoms with Crippen molar-refractivity contribution in [1.29, 1.82) is 5.26 Å². The van der Waals surface area contributed by atoms with E-state index < -0.39 is 0 Å². The van der Waals surface area contributed by atoms with E-state index in [0.717, 1.165) is 9.13 Å². The van der Waals surface area contributed by atoms with Crippen molar-refractivity contribution in [3.63, 3.8) is 0 Å². The van der Waals surface area contributed by atoms with Gasteiger partial charge in [-0.05, 0) is 46.7 Å². The molecule has 0 aliphatic carbocycles. The molecule has 0 saturated heterocycles. The number of nitrogens with one attached hydrogen (secondary N) is 1. The minimum atomic E-state index is -0.289. The molecule has 19 heavy (non-hydrogen) atoms. The third kappa shape index (κ3) is 3.55. The Morgan fingerprint density at radius 1 is 1.05 bits per heavy atom. The third-order valence-electron chi connectivity index (χ3n) is 3.06. The Kier molecular flexibility index (Phi) is 4.94. The van der Waals surface area contributed by atoms with Gasteiger partial charge >= 0.3 is 0 Å². The van der Waals surface area contributed by atoms with Crippen LogP contribution in [0.15, 0.2) is 54.6 Å². The molecule has 2 rings (SSSR count). The van der Waals surface area contributed by atoms with Gasteiger partial charge in [-0.15, -0.1) is 0 Å². The van der Waals surface area contributed by atoms with Gasteiger partial charge in [0.25, 0.3) is 0 Å². The Labute approximate surface area is 127 Å². The van der Waals surface area contributed by atoms with Gasteiger partial charge < -0.3 is 0 Å². The highest BCUT2D eigenvalue weighted by Crippen LogP contribution is 2.23. The van der Waals surface area contributed by atoms with Gasteiger partial charge in [-0.3, -0.25) is 5.32 Å². The van der Waals surface area contributed by atoms with Crippen LogP contribution in [0.3, 0.4) is 0 Å². The maximum atomic E-state index is 9.38. The highest BCUT2D eigenvalue weighted by atomic mass is 127. The molecule has 0 aliphatic heterocycles. The first kappa shape index (κ1) is 14.0. The second-order valence-electron chi connectivity index (χ2n) is 4.38. The van der Waals surface area contributed by atoms with Crippen molar-refractivity contribution in [2.75, 3.05) is 0 Å². The summed E-state index contributed by atoms with van der Waals surface area (Å²) in [5.74, 6) is 0. The first-order chi connectivity index (χ1) is 9.22. The fourth-order valence-corrected chi connectivity index (χ4v) is 2.69. The SMILES string of the molecule is C[C@@H](N[C@@H](C#N)c1ccccc1I)c1ccccc1. The van der Waals surface area contributed by atoms with Crippen molar-refractivity contribution in [1.82, 2.24) is 5.32 Å². The zero-order chi connectivity index (χ0) is 13.7. The molecule has 1 N–H and O–H groups in total. The summed E-state index contributed by atoms with van der Waals surface area (Å²) in [6.07, 6.45) is 0. The Morgan fingerprint density at radius 3 is 2.32 bits per heavy atom. The van der Waals surface area contributed by atoms with Crippen LogP contribution >= 0.6 is 22.6 Å². The Balaban J connectivity index is 2.17. The zero-order valence-corrected chi connectivity index (χ0v) is 12.8. The van der Waals surface area contributed by atoms with Crippen LogP contribution < -0.4 is 5.32 Å². The van der Waals surface area contributed by atoms with Gasteiger partial charge in [-0.2, -0.15) is 5.26 Å². The van der Waals surface area contributed by atoms with E-state index in [4.69, 9.17) is 0 Å². The number of nitriles is 1. The molecule has 2 nitrogen and oxygen atoms in total. The van der Waals surface area contributed by atoms with Gasteiger partial charge in [0.2, 0.25) is 0 Å². The molecule has 0 amide bonds. The lowest BCUT2D eigenvalue weighted by Crippen LogP contribution is -2.24. The van der Waals surface area contributed by atoms with Crippen molar-refractivity contribution in [3.8, 4) is 6.07 Å². The number of halogens is 1. The maximum Gasteiger partial charge on any atom is 0.122 e. The Bertz CT molecular complexity index is 575. The molecule has 0 fully saturated rings. The van der Waals surface area contributed by atoms with Gasteiger partial charge in [0.1, 0.15) is 6.04 Å². The van der Waals surface area contributed by atoms with Gasteiger partial charge in [0.05, 0.1) is 6.07 Å². The summed E-state index contributed by atoms with van der Waals surface area (Å²) < 4.78 is 1.11. The third-order valence-corrected chi connectivity index (χ3v) is 4.04. The normalized spacial score (nSPS) is 13.5. The van der Waals surface area contributed by atoms with E-state index in [2.05, 4.69) is 53.0 Å². The molecule has 2 aromatic rings. The minimum absolute atomic E-state index is 0.141. The molecular formula is C16H15IN2. The van der Waals surface area contributed by atoms with Crippen molar-refractivity contribution in [3.05, 3.63) is 69.3 Å². The van der Waals surface area contributed by atoms with E-state index in [1.54, 1.807) is 0 Å². The molecule has 0 bridgehead atoms. The molecule has 0 spiro atoms. The molecule has 2 atom stereocenters. The highest BCUT2D eigenvalue weighted by molar-refractivity contribution is 14.1. The van der Waals surface area contributed by atoms with Crippen molar-refractivity contribution in [2.24, 2.45) is 0 Å². The Morgan fingerprint density at radius 2 is 1.68 bits per heavy atom. The molecule has 0 aliphatic rings. The first-order valence-corrected chi connectivity index (χ1v) is 7.25. The lowest BCUT2D eigenvalue weighted by atomic mass is 10.0. The summed E-state index contributed by atoms with van der Waals surface area (Å²) in [4.78, 5) is 0. The van der Waals surface area contributed by atoms with E-state index in [0.29, 0.717) is 0 Å². The second kappa shape index (κ2) is 6.69. The van der Waals surface area contributed by atoms with E-state index in [1.165, 1.54) is 5.56 Å². The minimum Gasteiger partial charge on any atom is -0.292 e. The van der Waals surface area contributed by atoms with Crippen LogP contribution in [0.25, 0.3) is 0 Å². The zero-order valence-electron chi connectivity index (χ0n) is 10.7. The average Bonchev–Trinajstić information content (AvgIpc) is 2.46. The first-order valence-electron chi connectivity index (χ1n) is 6.17. The quantitative estimate of drug-likeness (QED) is 0.828. The summed E-state index contributed by atoms with van der Waals surface area (Å²) in [6, 6.07) is 20.3. The monoisotopic (exact) mass is 362 g/mol. The van der Waals surface area contributed by atoms with Crippen LogP contribution in [0.2, 0.25) is 0 Å². The Hall–Kier alpha value is -1.38. The lowest BCUT2D eigenvalue weighted by molar-refractivity contribution is 0.532. The summed E-state index contributed by atoms with van der Waals surface area (Å²) in [6.45, 7) is 2.08. The van der Waals surface area contributed by atoms with Gasteiger partial charge in [0.15, 0.2) is 0 Å². The topological polar surface area (TPSA) is 35.8 Å². The predicted octanol–water partition coefficient (Wildman–Crippen LogP) is 4.21. The lowest BCUT2D eigenvalue weighted by Gasteiger charge is -2.19. The predicted molar refractivity (Wildman–Crippen MR) is 85.5 cm³/mol. The van der Waals surface area contributed by atoms with E-state index in [-0.39, 0.29) is 12.1 Å². The van der Waals surface area contributed by atoms with Crippen molar-refractivity contribution >= 4 is 22.6 Å². The molecule has 0 unspecified atom stereocenters. The van der Waals surface area contributed by atoms with Crippen molar-refractivity contribution < 1.29 is 0 Å². The van der Waals surface area contributed by atoms with Gasteiger partial charge in [-0.1, -0.05) is 48.5 Å². The average molecular weight is 362 g/mol.